The number of amides is 2. The van der Waals surface area contributed by atoms with E-state index in [2.05, 4.69) is 10.6 Å². The molecule has 0 bridgehead atoms. The van der Waals surface area contributed by atoms with Crippen LogP contribution in [0.15, 0.2) is 48.5 Å². The zero-order valence-electron chi connectivity index (χ0n) is 14.6. The monoisotopic (exact) mass is 393 g/mol. The average Bonchev–Trinajstić information content (AvgIpc) is 2.63. The van der Waals surface area contributed by atoms with Gasteiger partial charge >= 0.3 is 0 Å². The number of likely N-dealkylation sites (N-methyl/N-ethyl adjacent to an activating group) is 1. The molecule has 0 aliphatic carbocycles. The average molecular weight is 394 g/mol. The summed E-state index contributed by atoms with van der Waals surface area (Å²) < 4.78 is 0. The van der Waals surface area contributed by atoms with Crippen molar-refractivity contribution >= 4 is 40.7 Å². The molecule has 2 aromatic carbocycles. The molecule has 138 valence electrons. The minimum Gasteiger partial charge on any atom is -0.335 e. The molecule has 0 fully saturated rings. The van der Waals surface area contributed by atoms with Gasteiger partial charge in [-0.3, -0.25) is 9.59 Å². The molecular weight excluding hydrogens is 373 g/mol. The SMILES string of the molecule is C[C@@H](NCC(=O)N(C)CC(=O)Nc1ccc(Cl)c(Cl)c1)c1ccccc1. The van der Waals surface area contributed by atoms with Gasteiger partial charge in [0.25, 0.3) is 0 Å². The van der Waals surface area contributed by atoms with Crippen LogP contribution in [0.2, 0.25) is 10.0 Å². The fourth-order valence-corrected chi connectivity index (χ4v) is 2.61. The molecule has 0 aliphatic rings. The summed E-state index contributed by atoms with van der Waals surface area (Å²) in [5.74, 6) is -0.479. The van der Waals surface area contributed by atoms with Crippen LogP contribution >= 0.6 is 23.2 Å². The van der Waals surface area contributed by atoms with Crippen LogP contribution in [0.1, 0.15) is 18.5 Å². The molecule has 2 amide bonds. The quantitative estimate of drug-likeness (QED) is 0.752. The lowest BCUT2D eigenvalue weighted by Crippen LogP contribution is -2.40. The Kier molecular flexibility index (Phi) is 7.45. The number of anilines is 1. The van der Waals surface area contributed by atoms with Crippen molar-refractivity contribution in [2.75, 3.05) is 25.5 Å². The number of hydrogen-bond acceptors (Lipinski definition) is 3. The maximum Gasteiger partial charge on any atom is 0.243 e. The molecule has 0 spiro atoms. The van der Waals surface area contributed by atoms with E-state index in [1.165, 1.54) is 4.90 Å². The Balaban J connectivity index is 1.80. The van der Waals surface area contributed by atoms with E-state index in [1.54, 1.807) is 25.2 Å². The molecule has 0 aliphatic heterocycles. The van der Waals surface area contributed by atoms with E-state index in [1.807, 2.05) is 37.3 Å². The van der Waals surface area contributed by atoms with E-state index >= 15 is 0 Å². The highest BCUT2D eigenvalue weighted by Crippen LogP contribution is 2.24. The molecule has 0 radical (unpaired) electrons. The Morgan fingerprint density at radius 2 is 1.77 bits per heavy atom. The third-order valence-electron chi connectivity index (χ3n) is 3.87. The fraction of sp³-hybridized carbons (Fsp3) is 0.263. The van der Waals surface area contributed by atoms with Crippen molar-refractivity contribution in [1.82, 2.24) is 10.2 Å². The van der Waals surface area contributed by atoms with E-state index in [-0.39, 0.29) is 30.9 Å². The van der Waals surface area contributed by atoms with Crippen molar-refractivity contribution in [1.29, 1.82) is 0 Å². The van der Waals surface area contributed by atoms with Crippen LogP contribution in [0.4, 0.5) is 5.69 Å². The number of halogens is 2. The first-order valence-electron chi connectivity index (χ1n) is 8.14. The molecule has 2 N–H and O–H groups in total. The maximum absolute atomic E-state index is 12.2. The van der Waals surface area contributed by atoms with Crippen molar-refractivity contribution in [3.8, 4) is 0 Å². The Hall–Kier alpha value is -2.08. The maximum atomic E-state index is 12.2. The molecule has 0 saturated carbocycles. The van der Waals surface area contributed by atoms with Crippen LogP contribution in [0.25, 0.3) is 0 Å². The van der Waals surface area contributed by atoms with Gasteiger partial charge in [-0.25, -0.2) is 0 Å². The molecule has 2 aromatic rings. The Labute approximate surface area is 163 Å². The predicted molar refractivity (Wildman–Crippen MR) is 106 cm³/mol. The zero-order chi connectivity index (χ0) is 19.1. The Bertz CT molecular complexity index is 769. The summed E-state index contributed by atoms with van der Waals surface area (Å²) >= 11 is 11.8. The second kappa shape index (κ2) is 9.57. The normalized spacial score (nSPS) is 11.7. The summed E-state index contributed by atoms with van der Waals surface area (Å²) in [6, 6.07) is 14.7. The molecule has 5 nitrogen and oxygen atoms in total. The minimum atomic E-state index is -0.310. The number of rotatable bonds is 7. The molecule has 0 unspecified atom stereocenters. The first-order chi connectivity index (χ1) is 12.4. The van der Waals surface area contributed by atoms with Crippen molar-refractivity contribution < 1.29 is 9.59 Å². The molecular formula is C19H21Cl2N3O2. The van der Waals surface area contributed by atoms with Gasteiger partial charge in [-0.2, -0.15) is 0 Å². The van der Waals surface area contributed by atoms with Crippen LogP contribution in [-0.4, -0.2) is 36.9 Å². The van der Waals surface area contributed by atoms with Gasteiger partial charge in [-0.1, -0.05) is 53.5 Å². The number of nitrogens with zero attached hydrogens (tertiary/aromatic N) is 1. The fourth-order valence-electron chi connectivity index (χ4n) is 2.31. The van der Waals surface area contributed by atoms with E-state index in [9.17, 15) is 9.59 Å². The first-order valence-corrected chi connectivity index (χ1v) is 8.89. The van der Waals surface area contributed by atoms with Gasteiger partial charge in [0.1, 0.15) is 0 Å². The number of carbonyl (C=O) groups is 2. The van der Waals surface area contributed by atoms with Crippen molar-refractivity contribution in [3.63, 3.8) is 0 Å². The molecule has 26 heavy (non-hydrogen) atoms. The van der Waals surface area contributed by atoms with Gasteiger partial charge in [-0.05, 0) is 30.7 Å². The highest BCUT2D eigenvalue weighted by Gasteiger charge is 2.14. The van der Waals surface area contributed by atoms with Gasteiger partial charge in [0.15, 0.2) is 0 Å². The molecule has 7 heteroatoms. The number of nitrogens with one attached hydrogen (secondary N) is 2. The molecule has 0 aromatic heterocycles. The van der Waals surface area contributed by atoms with Crippen LogP contribution in [0.3, 0.4) is 0 Å². The molecule has 0 saturated heterocycles. The summed E-state index contributed by atoms with van der Waals surface area (Å²) in [5, 5.41) is 6.62. The van der Waals surface area contributed by atoms with Crippen molar-refractivity contribution in [2.24, 2.45) is 0 Å². The number of carbonyl (C=O) groups excluding carboxylic acids is 2. The van der Waals surface area contributed by atoms with E-state index in [0.717, 1.165) is 5.56 Å². The lowest BCUT2D eigenvalue weighted by molar-refractivity contribution is -0.132. The van der Waals surface area contributed by atoms with Gasteiger partial charge in [-0.15, -0.1) is 0 Å². The predicted octanol–water partition coefficient (Wildman–Crippen LogP) is 3.74. The lowest BCUT2D eigenvalue weighted by Gasteiger charge is -2.19. The van der Waals surface area contributed by atoms with Crippen molar-refractivity contribution in [2.45, 2.75) is 13.0 Å². The first kappa shape index (κ1) is 20.2. The van der Waals surface area contributed by atoms with Gasteiger partial charge in [0, 0.05) is 18.8 Å². The van der Waals surface area contributed by atoms with Gasteiger partial charge in [0.2, 0.25) is 11.8 Å². The van der Waals surface area contributed by atoms with Crippen LogP contribution in [0.5, 0.6) is 0 Å². The van der Waals surface area contributed by atoms with Crippen LogP contribution < -0.4 is 10.6 Å². The standard InChI is InChI=1S/C19H21Cl2N3O2/c1-13(14-6-4-3-5-7-14)22-11-19(26)24(2)12-18(25)23-15-8-9-16(20)17(21)10-15/h3-10,13,22H,11-12H2,1-2H3,(H,23,25)/t13-/m1/s1. The van der Waals surface area contributed by atoms with E-state index in [0.29, 0.717) is 15.7 Å². The smallest absolute Gasteiger partial charge is 0.243 e. The van der Waals surface area contributed by atoms with Gasteiger partial charge < -0.3 is 15.5 Å². The highest BCUT2D eigenvalue weighted by atomic mass is 35.5. The van der Waals surface area contributed by atoms with Crippen LogP contribution in [-0.2, 0) is 9.59 Å². The second-order valence-corrected chi connectivity index (χ2v) is 6.75. The lowest BCUT2D eigenvalue weighted by atomic mass is 10.1. The topological polar surface area (TPSA) is 61.4 Å². The second-order valence-electron chi connectivity index (χ2n) is 5.94. The number of hydrogen-bond donors (Lipinski definition) is 2. The Morgan fingerprint density at radius 1 is 1.08 bits per heavy atom. The molecule has 1 atom stereocenters. The Morgan fingerprint density at radius 3 is 2.42 bits per heavy atom. The summed E-state index contributed by atoms with van der Waals surface area (Å²) in [6.07, 6.45) is 0. The third kappa shape index (κ3) is 6.02. The largest absolute Gasteiger partial charge is 0.335 e. The van der Waals surface area contributed by atoms with Crippen molar-refractivity contribution in [3.05, 3.63) is 64.1 Å². The summed E-state index contributed by atoms with van der Waals surface area (Å²) in [4.78, 5) is 25.7. The summed E-state index contributed by atoms with van der Waals surface area (Å²) in [7, 11) is 1.59. The molecule has 2 rings (SSSR count). The molecule has 0 heterocycles. The minimum absolute atomic E-state index is 0.0404. The van der Waals surface area contributed by atoms with E-state index in [4.69, 9.17) is 23.2 Å². The summed E-state index contributed by atoms with van der Waals surface area (Å²) in [6.45, 7) is 2.08. The van der Waals surface area contributed by atoms with Crippen LogP contribution in [0, 0.1) is 0 Å². The third-order valence-corrected chi connectivity index (χ3v) is 4.61. The van der Waals surface area contributed by atoms with Gasteiger partial charge in [0.05, 0.1) is 23.1 Å². The highest BCUT2D eigenvalue weighted by molar-refractivity contribution is 6.42. The number of benzene rings is 2. The van der Waals surface area contributed by atoms with E-state index < -0.39 is 0 Å². The zero-order valence-corrected chi connectivity index (χ0v) is 16.1. The summed E-state index contributed by atoms with van der Waals surface area (Å²) in [5.41, 5.74) is 1.63.